The van der Waals surface area contributed by atoms with Gasteiger partial charge < -0.3 is 24.7 Å². The Bertz CT molecular complexity index is 268. The predicted molar refractivity (Wildman–Crippen MR) is 52.1 cm³/mol. The minimum Gasteiger partial charge on any atom is -0.367 e. The summed E-state index contributed by atoms with van der Waals surface area (Å²) >= 11 is 3.71. The second kappa shape index (κ2) is 4.23. The molecule has 0 radical (unpaired) electrons. The van der Waals surface area contributed by atoms with Crippen molar-refractivity contribution in [3.05, 3.63) is 0 Å². The Morgan fingerprint density at radius 2 is 1.50 bits per heavy atom. The third-order valence-electron chi connectivity index (χ3n) is 1.50. The minimum atomic E-state index is -5.32. The van der Waals surface area contributed by atoms with Crippen LogP contribution in [0.3, 0.4) is 0 Å². The summed E-state index contributed by atoms with van der Waals surface area (Å²) in [4.78, 5) is 34.6. The van der Waals surface area contributed by atoms with Crippen LogP contribution in [-0.2, 0) is 9.13 Å². The standard InChI is InChI=1S/C4H12O7P2S/c1-3(14)2-4(5,12(6,7)8)13(9,10)11/h3,5,14H,2H2,1H3,(H2,6,7,8)(H2,9,10,11). The van der Waals surface area contributed by atoms with E-state index in [9.17, 15) is 14.2 Å². The minimum absolute atomic E-state index is 0.764. The largest absolute Gasteiger partial charge is 0.369 e. The Balaban J connectivity index is 5.30. The van der Waals surface area contributed by atoms with Crippen LogP contribution >= 0.6 is 27.8 Å². The molecule has 0 aliphatic heterocycles. The zero-order chi connectivity index (χ0) is 11.8. The molecule has 1 atom stereocenters. The second-order valence-electron chi connectivity index (χ2n) is 2.92. The Morgan fingerprint density at radius 3 is 1.57 bits per heavy atom. The van der Waals surface area contributed by atoms with E-state index in [2.05, 4.69) is 12.6 Å². The van der Waals surface area contributed by atoms with Crippen LogP contribution in [0, 0.1) is 0 Å². The normalized spacial score (nSPS) is 16.8. The van der Waals surface area contributed by atoms with Crippen LogP contribution in [0.1, 0.15) is 13.3 Å². The first-order valence-corrected chi connectivity index (χ1v) is 7.17. The molecule has 0 saturated heterocycles. The molecule has 86 valence electrons. The van der Waals surface area contributed by atoms with Gasteiger partial charge in [-0.1, -0.05) is 6.92 Å². The molecule has 0 saturated carbocycles. The van der Waals surface area contributed by atoms with Gasteiger partial charge in [0.2, 0.25) is 0 Å². The topological polar surface area (TPSA) is 135 Å². The fourth-order valence-corrected chi connectivity index (χ4v) is 3.74. The lowest BCUT2D eigenvalue weighted by Crippen LogP contribution is -2.31. The molecule has 0 aliphatic rings. The van der Waals surface area contributed by atoms with Crippen molar-refractivity contribution in [1.82, 2.24) is 0 Å². The average Bonchev–Trinajstić information content (AvgIpc) is 1.79. The Kier molecular flexibility index (Phi) is 4.42. The average molecular weight is 266 g/mol. The van der Waals surface area contributed by atoms with Gasteiger partial charge in [-0.3, -0.25) is 9.13 Å². The SMILES string of the molecule is CC(S)CC(O)(P(=O)(O)O)P(=O)(O)O. The first-order valence-electron chi connectivity index (χ1n) is 3.43. The van der Waals surface area contributed by atoms with E-state index < -0.39 is 31.9 Å². The van der Waals surface area contributed by atoms with Crippen molar-refractivity contribution >= 4 is 27.8 Å². The van der Waals surface area contributed by atoms with Gasteiger partial charge in [-0.25, -0.2) is 0 Å². The van der Waals surface area contributed by atoms with Crippen molar-refractivity contribution in [3.8, 4) is 0 Å². The number of rotatable bonds is 4. The summed E-state index contributed by atoms with van der Waals surface area (Å²) in [5, 5.41) is 5.17. The van der Waals surface area contributed by atoms with E-state index in [1.165, 1.54) is 6.92 Å². The van der Waals surface area contributed by atoms with Crippen molar-refractivity contribution < 1.29 is 33.8 Å². The number of hydrogen-bond donors (Lipinski definition) is 6. The molecule has 0 bridgehead atoms. The maximum atomic E-state index is 10.8. The Morgan fingerprint density at radius 1 is 1.21 bits per heavy atom. The van der Waals surface area contributed by atoms with Crippen molar-refractivity contribution in [1.29, 1.82) is 0 Å². The lowest BCUT2D eigenvalue weighted by atomic mass is 10.3. The zero-order valence-corrected chi connectivity index (χ0v) is 9.86. The molecule has 0 fully saturated rings. The summed E-state index contributed by atoms with van der Waals surface area (Å²) in [7, 11) is -10.6. The number of thiol groups is 1. The molecule has 0 aromatic heterocycles. The molecule has 7 nitrogen and oxygen atoms in total. The lowest BCUT2D eigenvalue weighted by molar-refractivity contribution is 0.123. The predicted octanol–water partition coefficient (Wildman–Crippen LogP) is -0.304. The van der Waals surface area contributed by atoms with E-state index in [-0.39, 0.29) is 0 Å². The van der Waals surface area contributed by atoms with Gasteiger partial charge in [0.15, 0.2) is 0 Å². The van der Waals surface area contributed by atoms with Gasteiger partial charge in [-0.05, 0) is 0 Å². The van der Waals surface area contributed by atoms with Crippen molar-refractivity contribution in [3.63, 3.8) is 0 Å². The van der Waals surface area contributed by atoms with E-state index in [0.29, 0.717) is 0 Å². The van der Waals surface area contributed by atoms with Crippen LogP contribution in [0.4, 0.5) is 0 Å². The van der Waals surface area contributed by atoms with Crippen molar-refractivity contribution in [2.45, 2.75) is 23.7 Å². The molecule has 14 heavy (non-hydrogen) atoms. The molecule has 1 unspecified atom stereocenters. The van der Waals surface area contributed by atoms with Crippen LogP contribution in [0.5, 0.6) is 0 Å². The highest BCUT2D eigenvalue weighted by atomic mass is 32.1. The van der Waals surface area contributed by atoms with Crippen molar-refractivity contribution in [2.75, 3.05) is 0 Å². The first kappa shape index (κ1) is 14.6. The van der Waals surface area contributed by atoms with E-state index in [1.807, 2.05) is 0 Å². The third kappa shape index (κ3) is 3.05. The highest BCUT2D eigenvalue weighted by molar-refractivity contribution is 7.81. The first-order chi connectivity index (χ1) is 5.92. The van der Waals surface area contributed by atoms with Crippen LogP contribution in [-0.4, -0.2) is 35.0 Å². The molecular formula is C4H12O7P2S. The summed E-state index contributed by atoms with van der Waals surface area (Å²) in [6.07, 6.45) is -0.801. The molecular weight excluding hydrogens is 254 g/mol. The zero-order valence-electron chi connectivity index (χ0n) is 7.18. The van der Waals surface area contributed by atoms with E-state index in [0.717, 1.165) is 0 Å². The smallest absolute Gasteiger partial charge is 0.367 e. The van der Waals surface area contributed by atoms with Crippen LogP contribution in [0.15, 0.2) is 0 Å². The number of aliphatic hydroxyl groups is 1. The second-order valence-corrected chi connectivity index (χ2v) is 7.81. The van der Waals surface area contributed by atoms with Gasteiger partial charge in [-0.15, -0.1) is 0 Å². The summed E-state index contributed by atoms with van der Waals surface area (Å²) in [6, 6.07) is 0. The van der Waals surface area contributed by atoms with Crippen LogP contribution < -0.4 is 0 Å². The highest BCUT2D eigenvalue weighted by Crippen LogP contribution is 2.69. The molecule has 0 spiro atoms. The van der Waals surface area contributed by atoms with Gasteiger partial charge in [0.1, 0.15) is 0 Å². The summed E-state index contributed by atoms with van der Waals surface area (Å²) < 4.78 is 21.5. The quantitative estimate of drug-likeness (QED) is 0.303. The van der Waals surface area contributed by atoms with Gasteiger partial charge >= 0.3 is 15.2 Å². The molecule has 0 heterocycles. The van der Waals surface area contributed by atoms with Crippen LogP contribution in [0.25, 0.3) is 0 Å². The summed E-state index contributed by atoms with van der Waals surface area (Å²) in [5.41, 5.74) is 0. The molecule has 5 N–H and O–H groups in total. The molecule has 0 amide bonds. The number of hydrogen-bond acceptors (Lipinski definition) is 4. The highest BCUT2D eigenvalue weighted by Gasteiger charge is 2.59. The monoisotopic (exact) mass is 266 g/mol. The van der Waals surface area contributed by atoms with Crippen LogP contribution in [0.2, 0.25) is 0 Å². The molecule has 0 rings (SSSR count). The fourth-order valence-electron chi connectivity index (χ4n) is 0.804. The van der Waals surface area contributed by atoms with Gasteiger partial charge in [0, 0.05) is 11.7 Å². The summed E-state index contributed by atoms with van der Waals surface area (Å²) in [6.45, 7) is 1.35. The Hall–Kier alpha value is 0.610. The van der Waals surface area contributed by atoms with E-state index >= 15 is 0 Å². The summed E-state index contributed by atoms with van der Waals surface area (Å²) in [5.74, 6) is 0. The maximum absolute atomic E-state index is 10.8. The molecule has 0 aliphatic carbocycles. The lowest BCUT2D eigenvalue weighted by Gasteiger charge is -2.30. The molecule has 0 aromatic carbocycles. The van der Waals surface area contributed by atoms with Gasteiger partial charge in [-0.2, -0.15) is 12.6 Å². The van der Waals surface area contributed by atoms with E-state index in [1.54, 1.807) is 0 Å². The maximum Gasteiger partial charge on any atom is 0.369 e. The van der Waals surface area contributed by atoms with Crippen molar-refractivity contribution in [2.24, 2.45) is 0 Å². The van der Waals surface area contributed by atoms with Gasteiger partial charge in [0.05, 0.1) is 0 Å². The van der Waals surface area contributed by atoms with E-state index in [4.69, 9.17) is 19.6 Å². The third-order valence-corrected chi connectivity index (χ3v) is 5.48. The molecule has 0 aromatic rings. The molecule has 10 heteroatoms. The van der Waals surface area contributed by atoms with Gasteiger partial charge in [0.25, 0.3) is 5.08 Å². The fraction of sp³-hybridized carbons (Fsp3) is 1.00. The Labute approximate surface area is 85.9 Å².